The van der Waals surface area contributed by atoms with Gasteiger partial charge < -0.3 is 10.1 Å². The van der Waals surface area contributed by atoms with Crippen LogP contribution >= 0.6 is 27.3 Å². The minimum Gasteiger partial charge on any atom is -0.380 e. The highest BCUT2D eigenvalue weighted by molar-refractivity contribution is 9.11. The molecule has 1 N–H and O–H groups in total. The Morgan fingerprint density at radius 3 is 2.86 bits per heavy atom. The van der Waals surface area contributed by atoms with E-state index in [-0.39, 0.29) is 6.10 Å². The van der Waals surface area contributed by atoms with Crippen LogP contribution in [0.2, 0.25) is 0 Å². The van der Waals surface area contributed by atoms with Gasteiger partial charge in [0, 0.05) is 37.7 Å². The van der Waals surface area contributed by atoms with Crippen LogP contribution in [-0.2, 0) is 21.3 Å². The van der Waals surface area contributed by atoms with Crippen molar-refractivity contribution in [1.82, 2.24) is 9.62 Å². The Hall–Kier alpha value is 0.01000. The topological polar surface area (TPSA) is 58.6 Å². The fraction of sp³-hybridized carbons (Fsp3) is 0.692. The lowest BCUT2D eigenvalue weighted by Gasteiger charge is -2.15. The van der Waals surface area contributed by atoms with E-state index in [2.05, 4.69) is 21.2 Å². The Kier molecular flexibility index (Phi) is 4.73. The Balaban J connectivity index is 1.75. The van der Waals surface area contributed by atoms with Crippen molar-refractivity contribution < 1.29 is 13.2 Å². The first-order valence-corrected chi connectivity index (χ1v) is 10.1. The molecule has 1 unspecified atom stereocenters. The molecule has 1 aliphatic heterocycles. The molecular formula is C13H19BrN2O3S2. The second-order valence-corrected chi connectivity index (χ2v) is 9.88. The summed E-state index contributed by atoms with van der Waals surface area (Å²) in [5.41, 5.74) is 0. The van der Waals surface area contributed by atoms with Crippen LogP contribution in [0, 0.1) is 0 Å². The van der Waals surface area contributed by atoms with Gasteiger partial charge in [-0.3, -0.25) is 0 Å². The number of thiophene rings is 1. The monoisotopic (exact) mass is 394 g/mol. The number of ether oxygens (including phenoxy) is 1. The van der Waals surface area contributed by atoms with E-state index in [1.165, 1.54) is 28.5 Å². The zero-order valence-corrected chi connectivity index (χ0v) is 15.1. The summed E-state index contributed by atoms with van der Waals surface area (Å²) in [6.45, 7) is 1.71. The van der Waals surface area contributed by atoms with Crippen LogP contribution in [0.5, 0.6) is 0 Å². The minimum atomic E-state index is -3.43. The number of nitrogens with one attached hydrogen (secondary N) is 1. The van der Waals surface area contributed by atoms with Crippen LogP contribution in [0.4, 0.5) is 0 Å². The molecule has 5 nitrogen and oxygen atoms in total. The van der Waals surface area contributed by atoms with E-state index < -0.39 is 10.0 Å². The summed E-state index contributed by atoms with van der Waals surface area (Å²) in [7, 11) is -1.80. The van der Waals surface area contributed by atoms with Gasteiger partial charge in [-0.15, -0.1) is 11.3 Å². The first-order chi connectivity index (χ1) is 10.0. The summed E-state index contributed by atoms with van der Waals surface area (Å²) in [6, 6.07) is 2.41. The van der Waals surface area contributed by atoms with Crippen LogP contribution in [0.15, 0.2) is 14.7 Å². The third-order valence-corrected chi connectivity index (χ3v) is 8.02. The van der Waals surface area contributed by atoms with Gasteiger partial charge in [0.1, 0.15) is 4.90 Å². The maximum absolute atomic E-state index is 12.7. The average Bonchev–Trinajstić information content (AvgIpc) is 3.00. The molecule has 118 valence electrons. The summed E-state index contributed by atoms with van der Waals surface area (Å²) < 4.78 is 32.9. The van der Waals surface area contributed by atoms with Crippen molar-refractivity contribution in [1.29, 1.82) is 0 Å². The minimum absolute atomic E-state index is 0.00758. The lowest BCUT2D eigenvalue weighted by molar-refractivity contribution is 0.115. The molecule has 0 spiro atoms. The van der Waals surface area contributed by atoms with Gasteiger partial charge in [-0.2, -0.15) is 4.31 Å². The van der Waals surface area contributed by atoms with Gasteiger partial charge in [0.25, 0.3) is 0 Å². The highest BCUT2D eigenvalue weighted by Crippen LogP contribution is 2.35. The van der Waals surface area contributed by atoms with Crippen molar-refractivity contribution in [2.45, 2.75) is 42.8 Å². The quantitative estimate of drug-likeness (QED) is 0.802. The molecule has 2 aliphatic rings. The van der Waals surface area contributed by atoms with Gasteiger partial charge in [-0.05, 0) is 41.3 Å². The van der Waals surface area contributed by atoms with Gasteiger partial charge in [0.2, 0.25) is 10.0 Å². The zero-order valence-electron chi connectivity index (χ0n) is 11.8. The molecule has 1 saturated heterocycles. The SMILES string of the molecule is COC1CCN(S(=O)(=O)c2cc(CNC3CC3)sc2Br)C1. The van der Waals surface area contributed by atoms with Gasteiger partial charge in [0.05, 0.1) is 9.89 Å². The first-order valence-electron chi connectivity index (χ1n) is 7.05. The number of methoxy groups -OCH3 is 1. The Labute approximate surface area is 137 Å². The highest BCUT2D eigenvalue weighted by Gasteiger charge is 2.34. The molecule has 1 atom stereocenters. The Bertz CT molecular complexity index is 613. The van der Waals surface area contributed by atoms with Crippen molar-refractivity contribution in [2.75, 3.05) is 20.2 Å². The normalized spacial score (nSPS) is 23.8. The summed E-state index contributed by atoms with van der Waals surface area (Å²) in [4.78, 5) is 1.44. The molecule has 8 heteroatoms. The summed E-state index contributed by atoms with van der Waals surface area (Å²) in [5.74, 6) is 0. The molecular weight excluding hydrogens is 376 g/mol. The molecule has 2 fully saturated rings. The second-order valence-electron chi connectivity index (χ2n) is 5.52. The molecule has 1 saturated carbocycles. The number of hydrogen-bond acceptors (Lipinski definition) is 5. The van der Waals surface area contributed by atoms with Crippen LogP contribution < -0.4 is 5.32 Å². The van der Waals surface area contributed by atoms with E-state index in [0.29, 0.717) is 27.8 Å². The fourth-order valence-electron chi connectivity index (χ4n) is 2.44. The van der Waals surface area contributed by atoms with Crippen molar-refractivity contribution in [3.8, 4) is 0 Å². The van der Waals surface area contributed by atoms with Gasteiger partial charge in [-0.25, -0.2) is 8.42 Å². The Morgan fingerprint density at radius 1 is 1.48 bits per heavy atom. The van der Waals surface area contributed by atoms with Crippen LogP contribution in [0.1, 0.15) is 24.1 Å². The van der Waals surface area contributed by atoms with Crippen LogP contribution in [0.25, 0.3) is 0 Å². The zero-order chi connectivity index (χ0) is 15.0. The molecule has 1 aromatic heterocycles. The third kappa shape index (κ3) is 3.51. The summed E-state index contributed by atoms with van der Waals surface area (Å²) in [5, 5.41) is 3.41. The predicted octanol–water partition coefficient (Wildman–Crippen LogP) is 2.17. The molecule has 21 heavy (non-hydrogen) atoms. The van der Waals surface area contributed by atoms with Gasteiger partial charge in [-0.1, -0.05) is 0 Å². The molecule has 3 rings (SSSR count). The molecule has 0 amide bonds. The lowest BCUT2D eigenvalue weighted by atomic mass is 10.3. The van der Waals surface area contributed by atoms with E-state index in [9.17, 15) is 8.42 Å². The number of halogens is 1. The highest BCUT2D eigenvalue weighted by atomic mass is 79.9. The van der Waals surface area contributed by atoms with Gasteiger partial charge in [0.15, 0.2) is 0 Å². The maximum Gasteiger partial charge on any atom is 0.245 e. The number of sulfonamides is 1. The Morgan fingerprint density at radius 2 is 2.24 bits per heavy atom. The maximum atomic E-state index is 12.7. The molecule has 1 aliphatic carbocycles. The lowest BCUT2D eigenvalue weighted by Crippen LogP contribution is -2.30. The number of nitrogens with zero attached hydrogens (tertiary/aromatic N) is 1. The third-order valence-electron chi connectivity index (χ3n) is 3.91. The number of rotatable bonds is 6. The van der Waals surface area contributed by atoms with E-state index >= 15 is 0 Å². The van der Waals surface area contributed by atoms with E-state index in [1.54, 1.807) is 13.2 Å². The van der Waals surface area contributed by atoms with Gasteiger partial charge >= 0.3 is 0 Å². The average molecular weight is 395 g/mol. The van der Waals surface area contributed by atoms with Crippen LogP contribution in [-0.4, -0.2) is 45.1 Å². The first kappa shape index (κ1) is 15.9. The predicted molar refractivity (Wildman–Crippen MR) is 86.1 cm³/mol. The molecule has 0 aromatic carbocycles. The molecule has 0 bridgehead atoms. The van der Waals surface area contributed by atoms with Crippen molar-refractivity contribution >= 4 is 37.3 Å². The van der Waals surface area contributed by atoms with Crippen molar-refractivity contribution in [3.05, 3.63) is 14.7 Å². The van der Waals surface area contributed by atoms with Crippen LogP contribution in [0.3, 0.4) is 0 Å². The van der Waals surface area contributed by atoms with E-state index in [4.69, 9.17) is 4.74 Å². The molecule has 1 aromatic rings. The molecule has 2 heterocycles. The second kappa shape index (κ2) is 6.25. The fourth-order valence-corrected chi connectivity index (χ4v) is 6.51. The molecule has 0 radical (unpaired) electrons. The largest absolute Gasteiger partial charge is 0.380 e. The van der Waals surface area contributed by atoms with E-state index in [0.717, 1.165) is 17.8 Å². The smallest absolute Gasteiger partial charge is 0.245 e. The van der Waals surface area contributed by atoms with Crippen molar-refractivity contribution in [3.63, 3.8) is 0 Å². The van der Waals surface area contributed by atoms with Crippen molar-refractivity contribution in [2.24, 2.45) is 0 Å². The summed E-state index contributed by atoms with van der Waals surface area (Å²) in [6.07, 6.45) is 3.22. The number of hydrogen-bond donors (Lipinski definition) is 1. The summed E-state index contributed by atoms with van der Waals surface area (Å²) >= 11 is 4.90. The van der Waals surface area contributed by atoms with E-state index in [1.807, 2.05) is 0 Å². The standard InChI is InChI=1S/C13H19BrN2O3S2/c1-19-10-4-5-16(8-10)21(17,18)12-6-11(20-13(12)14)7-15-9-2-3-9/h6,9-10,15H,2-5,7-8H2,1H3.